The molecule has 0 unspecified atom stereocenters. The molecule has 1 N–H and O–H groups in total. The Morgan fingerprint density at radius 3 is 2.46 bits per heavy atom. The second kappa shape index (κ2) is 7.93. The topological polar surface area (TPSA) is 49.8 Å². The van der Waals surface area contributed by atoms with E-state index in [0.717, 1.165) is 37.8 Å². The molecule has 2 aliphatic rings. The van der Waals surface area contributed by atoms with Crippen molar-refractivity contribution in [1.82, 2.24) is 4.90 Å². The van der Waals surface area contributed by atoms with E-state index >= 15 is 0 Å². The average Bonchev–Trinajstić information content (AvgIpc) is 2.62. The van der Waals surface area contributed by atoms with Gasteiger partial charge in [0.1, 0.15) is 5.75 Å². The van der Waals surface area contributed by atoms with E-state index in [1.54, 1.807) is 6.92 Å². The minimum absolute atomic E-state index is 0.0125. The Morgan fingerprint density at radius 1 is 1.32 bits per heavy atom. The van der Waals surface area contributed by atoms with Gasteiger partial charge in [-0.1, -0.05) is 6.92 Å². The molecule has 156 valence electrons. The van der Waals surface area contributed by atoms with E-state index in [2.05, 4.69) is 0 Å². The first-order valence-electron chi connectivity index (χ1n) is 9.91. The quantitative estimate of drug-likeness (QED) is 0.808. The van der Waals surface area contributed by atoms with E-state index in [0.29, 0.717) is 30.8 Å². The lowest BCUT2D eigenvalue weighted by atomic mass is 9.61. The van der Waals surface area contributed by atoms with Crippen molar-refractivity contribution in [3.05, 3.63) is 29.3 Å². The highest BCUT2D eigenvalue weighted by Crippen LogP contribution is 2.50. The molecule has 1 aromatic carbocycles. The lowest BCUT2D eigenvalue weighted by Gasteiger charge is -2.52. The number of alkyl halides is 3. The summed E-state index contributed by atoms with van der Waals surface area (Å²) in [5.41, 5.74) is 0.000812. The van der Waals surface area contributed by atoms with Crippen molar-refractivity contribution in [2.75, 3.05) is 19.7 Å². The van der Waals surface area contributed by atoms with Crippen molar-refractivity contribution in [1.29, 1.82) is 0 Å². The predicted octanol–water partition coefficient (Wildman–Crippen LogP) is 4.18. The number of hydrogen-bond acceptors (Lipinski definition) is 3. The number of benzene rings is 1. The molecule has 4 nitrogen and oxygen atoms in total. The lowest BCUT2D eigenvalue weighted by Crippen LogP contribution is -2.53. The van der Waals surface area contributed by atoms with Gasteiger partial charge in [-0.15, -0.1) is 0 Å². The van der Waals surface area contributed by atoms with E-state index in [-0.39, 0.29) is 30.0 Å². The Bertz CT molecular complexity index is 699. The average molecular weight is 399 g/mol. The molecular weight excluding hydrogens is 371 g/mol. The van der Waals surface area contributed by atoms with E-state index in [9.17, 15) is 23.1 Å². The van der Waals surface area contributed by atoms with Gasteiger partial charge in [-0.05, 0) is 68.2 Å². The number of likely N-dealkylation sites (tertiary alicyclic amines) is 1. The maximum atomic E-state index is 12.8. The number of carbonyl (C=O) groups is 1. The van der Waals surface area contributed by atoms with Gasteiger partial charge in [-0.25, -0.2) is 0 Å². The molecule has 1 atom stereocenters. The third kappa shape index (κ3) is 4.29. The number of carbonyl (C=O) groups excluding carboxylic acids is 1. The van der Waals surface area contributed by atoms with Crippen LogP contribution in [-0.4, -0.2) is 41.7 Å². The van der Waals surface area contributed by atoms with Crippen LogP contribution in [0, 0.1) is 18.3 Å². The first kappa shape index (κ1) is 21.0. The number of halogens is 3. The molecule has 0 aromatic heterocycles. The molecule has 3 rings (SSSR count). The summed E-state index contributed by atoms with van der Waals surface area (Å²) in [5, 5.41) is 9.32. The number of ether oxygens (including phenoxy) is 1. The largest absolute Gasteiger partial charge is 0.490 e. The van der Waals surface area contributed by atoms with E-state index in [1.165, 1.54) is 6.07 Å². The van der Waals surface area contributed by atoms with Gasteiger partial charge in [0.15, 0.2) is 0 Å². The fourth-order valence-corrected chi connectivity index (χ4v) is 4.38. The normalized spacial score (nSPS) is 20.7. The molecule has 1 aliphatic carbocycles. The number of aryl methyl sites for hydroxylation is 1. The fraction of sp³-hybridized carbons (Fsp3) is 0.667. The van der Waals surface area contributed by atoms with Crippen molar-refractivity contribution in [2.45, 2.75) is 58.2 Å². The SMILES string of the molecule is CC[C@H](CO)C(=O)N1CCC2(CC1)CC(Oc1ccc(C(F)(F)F)cc1C)C2. The van der Waals surface area contributed by atoms with Crippen molar-refractivity contribution in [2.24, 2.45) is 11.3 Å². The zero-order valence-corrected chi connectivity index (χ0v) is 16.4. The first-order chi connectivity index (χ1) is 13.2. The minimum atomic E-state index is -4.35. The Hall–Kier alpha value is -1.76. The fourth-order valence-electron chi connectivity index (χ4n) is 4.38. The first-order valence-corrected chi connectivity index (χ1v) is 9.91. The number of piperidine rings is 1. The Morgan fingerprint density at radius 2 is 1.96 bits per heavy atom. The molecular formula is C21H28F3NO3. The lowest BCUT2D eigenvalue weighted by molar-refractivity contribution is -0.142. The molecule has 1 saturated carbocycles. The van der Waals surface area contributed by atoms with Crippen LogP contribution in [0.4, 0.5) is 13.2 Å². The molecule has 2 fully saturated rings. The van der Waals surface area contributed by atoms with Gasteiger partial charge in [-0.3, -0.25) is 4.79 Å². The van der Waals surface area contributed by atoms with Gasteiger partial charge in [0, 0.05) is 13.1 Å². The van der Waals surface area contributed by atoms with Crippen LogP contribution in [0.2, 0.25) is 0 Å². The van der Waals surface area contributed by atoms with Crippen LogP contribution in [-0.2, 0) is 11.0 Å². The Kier molecular flexibility index (Phi) is 5.94. The van der Waals surface area contributed by atoms with Crippen molar-refractivity contribution >= 4 is 5.91 Å². The second-order valence-corrected chi connectivity index (χ2v) is 8.24. The molecule has 1 aliphatic heterocycles. The molecule has 1 saturated heterocycles. The van der Waals surface area contributed by atoms with Gasteiger partial charge in [0.2, 0.25) is 5.91 Å². The van der Waals surface area contributed by atoms with Crippen molar-refractivity contribution < 1.29 is 27.8 Å². The van der Waals surface area contributed by atoms with Crippen LogP contribution in [0.3, 0.4) is 0 Å². The molecule has 0 bridgehead atoms. The van der Waals surface area contributed by atoms with Crippen LogP contribution in [0.1, 0.15) is 50.2 Å². The van der Waals surface area contributed by atoms with E-state index in [4.69, 9.17) is 4.74 Å². The Balaban J connectivity index is 1.51. The molecule has 1 aromatic rings. The number of aliphatic hydroxyl groups is 1. The van der Waals surface area contributed by atoms with Gasteiger partial charge in [0.25, 0.3) is 0 Å². The second-order valence-electron chi connectivity index (χ2n) is 8.24. The van der Waals surface area contributed by atoms with Crippen LogP contribution in [0.15, 0.2) is 18.2 Å². The summed E-state index contributed by atoms with van der Waals surface area (Å²) in [5.74, 6) is 0.232. The molecule has 1 amide bonds. The highest BCUT2D eigenvalue weighted by Gasteiger charge is 2.48. The number of aliphatic hydroxyl groups excluding tert-OH is 1. The van der Waals surface area contributed by atoms with Crippen LogP contribution < -0.4 is 4.74 Å². The predicted molar refractivity (Wildman–Crippen MR) is 98.9 cm³/mol. The van der Waals surface area contributed by atoms with Crippen molar-refractivity contribution in [3.63, 3.8) is 0 Å². The number of rotatable bonds is 5. The maximum Gasteiger partial charge on any atom is 0.416 e. The Labute approximate surface area is 163 Å². The highest BCUT2D eigenvalue weighted by molar-refractivity contribution is 5.79. The van der Waals surface area contributed by atoms with Crippen LogP contribution in [0.25, 0.3) is 0 Å². The third-order valence-corrected chi connectivity index (χ3v) is 6.32. The summed E-state index contributed by atoms with van der Waals surface area (Å²) in [7, 11) is 0. The molecule has 1 heterocycles. The molecule has 7 heteroatoms. The van der Waals surface area contributed by atoms with Gasteiger partial charge < -0.3 is 14.7 Å². The van der Waals surface area contributed by atoms with E-state index < -0.39 is 11.7 Å². The zero-order chi connectivity index (χ0) is 20.5. The van der Waals surface area contributed by atoms with Crippen LogP contribution in [0.5, 0.6) is 5.75 Å². The third-order valence-electron chi connectivity index (χ3n) is 6.32. The summed E-state index contributed by atoms with van der Waals surface area (Å²) in [6, 6.07) is 3.59. The van der Waals surface area contributed by atoms with E-state index in [1.807, 2.05) is 11.8 Å². The smallest absolute Gasteiger partial charge is 0.416 e. The summed E-state index contributed by atoms with van der Waals surface area (Å²) >= 11 is 0. The summed E-state index contributed by atoms with van der Waals surface area (Å²) in [6.07, 6.45) is -0.141. The zero-order valence-electron chi connectivity index (χ0n) is 16.4. The standard InChI is InChI=1S/C21H28F3NO3/c1-3-15(13-26)19(27)25-8-6-20(7-9-25)11-17(12-20)28-18-5-4-16(10-14(18)2)21(22,23)24/h4-5,10,15,17,26H,3,6-9,11-13H2,1-2H3/t15-/m1/s1. The van der Waals surface area contributed by atoms with Crippen molar-refractivity contribution in [3.8, 4) is 5.75 Å². The number of nitrogens with zero attached hydrogens (tertiary/aromatic N) is 1. The summed E-state index contributed by atoms with van der Waals surface area (Å²) < 4.78 is 44.3. The summed E-state index contributed by atoms with van der Waals surface area (Å²) in [6.45, 7) is 4.82. The van der Waals surface area contributed by atoms with Crippen LogP contribution >= 0.6 is 0 Å². The minimum Gasteiger partial charge on any atom is -0.490 e. The summed E-state index contributed by atoms with van der Waals surface area (Å²) in [4.78, 5) is 14.2. The highest BCUT2D eigenvalue weighted by atomic mass is 19.4. The number of hydrogen-bond donors (Lipinski definition) is 1. The maximum absolute atomic E-state index is 12.8. The van der Waals surface area contributed by atoms with Gasteiger partial charge in [-0.2, -0.15) is 13.2 Å². The van der Waals surface area contributed by atoms with Gasteiger partial charge in [0.05, 0.1) is 24.2 Å². The number of amides is 1. The van der Waals surface area contributed by atoms with Gasteiger partial charge >= 0.3 is 6.18 Å². The molecule has 0 radical (unpaired) electrons. The molecule has 1 spiro atoms. The monoisotopic (exact) mass is 399 g/mol. The molecule has 28 heavy (non-hydrogen) atoms.